The van der Waals surface area contributed by atoms with Gasteiger partial charge in [0, 0.05) is 31.5 Å². The number of hydrogen-bond donors (Lipinski definition) is 4. The van der Waals surface area contributed by atoms with Crippen molar-refractivity contribution in [1.29, 1.82) is 0 Å². The maximum absolute atomic E-state index is 12.7. The Hall–Kier alpha value is -3.39. The van der Waals surface area contributed by atoms with Crippen molar-refractivity contribution in [2.75, 3.05) is 10.6 Å². The number of carboxylic acids is 1. The van der Waals surface area contributed by atoms with Gasteiger partial charge in [-0.1, -0.05) is 24.4 Å². The Kier molecular flexibility index (Phi) is 7.61. The number of aromatic nitrogens is 5. The number of anilines is 2. The van der Waals surface area contributed by atoms with Crippen molar-refractivity contribution in [2.45, 2.75) is 43.9 Å². The number of alkyl halides is 3. The topological polar surface area (TPSA) is 152 Å². The molecule has 3 heterocycles. The molecule has 4 rings (SSSR count). The maximum atomic E-state index is 12.7. The number of fused-ring (bicyclic) bond motifs is 1. The first-order valence-electron chi connectivity index (χ1n) is 10.1. The van der Waals surface area contributed by atoms with E-state index in [-0.39, 0.29) is 23.1 Å². The quantitative estimate of drug-likeness (QED) is 0.425. The number of nitrogens with zero attached hydrogens (tertiary/aromatic N) is 5. The molecule has 0 aromatic carbocycles. The van der Waals surface area contributed by atoms with Crippen LogP contribution in [-0.2, 0) is 11.8 Å². The summed E-state index contributed by atoms with van der Waals surface area (Å²) in [5.74, 6) is -2.43. The normalized spacial score (nSPS) is 18.2. The smallest absolute Gasteiger partial charge is 0.475 e. The highest BCUT2D eigenvalue weighted by Gasteiger charge is 2.38. The zero-order chi connectivity index (χ0) is 25.0. The van der Waals surface area contributed by atoms with E-state index >= 15 is 0 Å². The zero-order valence-corrected chi connectivity index (χ0v) is 18.6. The highest BCUT2D eigenvalue weighted by Crippen LogP contribution is 2.23. The van der Waals surface area contributed by atoms with Crippen molar-refractivity contribution in [3.8, 4) is 0 Å². The standard InChI is InChI=1S/C17H21ClN8O.C2HF3O2/c1-25-9-13(15(18)24-25)22-17(27)10-8-20-26-7-6-14(23-16(10)26)21-12-5-3-2-4-11(12)19;3-2(4,5)1(6)7/h6-9,11-12H,2-5,19H2,1H3,(H,21,23)(H,22,27);(H,6,7)/t11-,12+;/m0./s1. The van der Waals surface area contributed by atoms with Crippen LogP contribution >= 0.6 is 11.6 Å². The Bertz CT molecular complexity index is 1180. The Balaban J connectivity index is 0.000000406. The van der Waals surface area contributed by atoms with Crippen LogP contribution in [0.3, 0.4) is 0 Å². The summed E-state index contributed by atoms with van der Waals surface area (Å²) >= 11 is 6.01. The van der Waals surface area contributed by atoms with Gasteiger partial charge < -0.3 is 21.5 Å². The highest BCUT2D eigenvalue weighted by molar-refractivity contribution is 6.32. The summed E-state index contributed by atoms with van der Waals surface area (Å²) in [7, 11) is 1.73. The van der Waals surface area contributed by atoms with Gasteiger partial charge in [0.2, 0.25) is 0 Å². The van der Waals surface area contributed by atoms with Crippen molar-refractivity contribution >= 4 is 40.6 Å². The second kappa shape index (κ2) is 10.3. The van der Waals surface area contributed by atoms with Gasteiger partial charge in [-0.15, -0.1) is 0 Å². The molecule has 1 aliphatic carbocycles. The number of carbonyl (C=O) groups is 2. The average molecular weight is 503 g/mol. The predicted molar refractivity (Wildman–Crippen MR) is 117 cm³/mol. The van der Waals surface area contributed by atoms with E-state index in [9.17, 15) is 18.0 Å². The maximum Gasteiger partial charge on any atom is 0.490 e. The van der Waals surface area contributed by atoms with Crippen LogP contribution in [0.4, 0.5) is 24.7 Å². The van der Waals surface area contributed by atoms with Gasteiger partial charge in [0.1, 0.15) is 11.4 Å². The van der Waals surface area contributed by atoms with Crippen LogP contribution in [0.1, 0.15) is 36.0 Å². The Morgan fingerprint density at radius 1 is 1.29 bits per heavy atom. The van der Waals surface area contributed by atoms with Gasteiger partial charge >= 0.3 is 12.1 Å². The fourth-order valence-corrected chi connectivity index (χ4v) is 3.59. The fraction of sp³-hybridized carbons (Fsp3) is 0.421. The van der Waals surface area contributed by atoms with Crippen LogP contribution in [0.25, 0.3) is 5.65 Å². The SMILES string of the molecule is Cn1cc(NC(=O)c2cnn3ccc(N[C@@H]4CCCC[C@@H]4N)nc23)c(Cl)n1.O=C(O)C(F)(F)F. The van der Waals surface area contributed by atoms with Crippen molar-refractivity contribution < 1.29 is 27.9 Å². The molecule has 34 heavy (non-hydrogen) atoms. The predicted octanol–water partition coefficient (Wildman–Crippen LogP) is 2.68. The van der Waals surface area contributed by atoms with Gasteiger partial charge in [-0.3, -0.25) is 9.48 Å². The third-order valence-corrected chi connectivity index (χ3v) is 5.32. The summed E-state index contributed by atoms with van der Waals surface area (Å²) in [4.78, 5) is 26.1. The molecule has 3 aromatic heterocycles. The molecular formula is C19H22ClF3N8O3. The minimum Gasteiger partial charge on any atom is -0.475 e. The van der Waals surface area contributed by atoms with Gasteiger partial charge in [-0.25, -0.2) is 14.3 Å². The van der Waals surface area contributed by atoms with Crippen molar-refractivity contribution in [3.63, 3.8) is 0 Å². The first-order chi connectivity index (χ1) is 16.0. The van der Waals surface area contributed by atoms with E-state index < -0.39 is 12.1 Å². The molecule has 3 aromatic rings. The molecule has 0 saturated heterocycles. The third kappa shape index (κ3) is 6.14. The molecule has 1 fully saturated rings. The number of hydrogen-bond acceptors (Lipinski definition) is 7. The Labute approximate surface area is 196 Å². The van der Waals surface area contributed by atoms with Crippen LogP contribution in [0.2, 0.25) is 5.15 Å². The van der Waals surface area contributed by atoms with Gasteiger partial charge in [-0.2, -0.15) is 23.4 Å². The average Bonchev–Trinajstić information content (AvgIpc) is 3.31. The molecule has 184 valence electrons. The van der Waals surface area contributed by atoms with E-state index in [1.54, 1.807) is 24.0 Å². The van der Waals surface area contributed by atoms with Crippen LogP contribution in [0.5, 0.6) is 0 Å². The van der Waals surface area contributed by atoms with E-state index in [1.165, 1.54) is 10.9 Å². The summed E-state index contributed by atoms with van der Waals surface area (Å²) in [6.07, 6.45) is 4.14. The third-order valence-electron chi connectivity index (χ3n) is 5.04. The summed E-state index contributed by atoms with van der Waals surface area (Å²) in [5.41, 5.74) is 7.46. The molecule has 0 spiro atoms. The van der Waals surface area contributed by atoms with Crippen LogP contribution in [-0.4, -0.2) is 59.6 Å². The first kappa shape index (κ1) is 25.2. The van der Waals surface area contributed by atoms with Crippen LogP contribution in [0, 0.1) is 0 Å². The minimum absolute atomic E-state index is 0.108. The summed E-state index contributed by atoms with van der Waals surface area (Å²) in [5, 5.41) is 21.7. The lowest BCUT2D eigenvalue weighted by molar-refractivity contribution is -0.192. The molecule has 1 amide bonds. The molecule has 5 N–H and O–H groups in total. The van der Waals surface area contributed by atoms with Crippen LogP contribution < -0.4 is 16.4 Å². The molecule has 0 radical (unpaired) electrons. The molecule has 1 aliphatic rings. The lowest BCUT2D eigenvalue weighted by Gasteiger charge is -2.29. The summed E-state index contributed by atoms with van der Waals surface area (Å²) in [6, 6.07) is 2.13. The van der Waals surface area contributed by atoms with E-state index in [1.807, 2.05) is 6.07 Å². The number of carbonyl (C=O) groups excluding carboxylic acids is 1. The highest BCUT2D eigenvalue weighted by atomic mass is 35.5. The monoisotopic (exact) mass is 502 g/mol. The van der Waals surface area contributed by atoms with E-state index in [2.05, 4.69) is 25.8 Å². The molecular weight excluding hydrogens is 481 g/mol. The Morgan fingerprint density at radius 3 is 2.56 bits per heavy atom. The molecule has 0 bridgehead atoms. The summed E-state index contributed by atoms with van der Waals surface area (Å²) in [6.45, 7) is 0. The number of amides is 1. The molecule has 0 unspecified atom stereocenters. The zero-order valence-electron chi connectivity index (χ0n) is 17.9. The van der Waals surface area contributed by atoms with Gasteiger partial charge in [0.25, 0.3) is 5.91 Å². The van der Waals surface area contributed by atoms with Gasteiger partial charge in [0.05, 0.1) is 11.9 Å². The number of halogens is 4. The first-order valence-corrected chi connectivity index (χ1v) is 10.5. The second-order valence-electron chi connectivity index (χ2n) is 7.60. The Morgan fingerprint density at radius 2 is 1.97 bits per heavy atom. The number of rotatable bonds is 4. The molecule has 1 saturated carbocycles. The van der Waals surface area contributed by atoms with E-state index in [0.29, 0.717) is 22.7 Å². The van der Waals surface area contributed by atoms with E-state index in [4.69, 9.17) is 27.2 Å². The van der Waals surface area contributed by atoms with Gasteiger partial charge in [0.15, 0.2) is 10.8 Å². The lowest BCUT2D eigenvalue weighted by atomic mass is 9.91. The fourth-order valence-electron chi connectivity index (χ4n) is 3.37. The number of carboxylic acid groups (broad SMARTS) is 1. The number of aryl methyl sites for hydroxylation is 1. The van der Waals surface area contributed by atoms with Gasteiger partial charge in [-0.05, 0) is 18.9 Å². The van der Waals surface area contributed by atoms with Crippen LogP contribution in [0.15, 0.2) is 24.7 Å². The molecule has 0 aliphatic heterocycles. The van der Waals surface area contributed by atoms with Crippen molar-refractivity contribution in [3.05, 3.63) is 35.4 Å². The molecule has 15 heteroatoms. The second-order valence-corrected chi connectivity index (χ2v) is 7.96. The minimum atomic E-state index is -5.08. The van der Waals surface area contributed by atoms with Crippen molar-refractivity contribution in [1.82, 2.24) is 24.4 Å². The summed E-state index contributed by atoms with van der Waals surface area (Å²) < 4.78 is 34.8. The number of nitrogens with two attached hydrogens (primary N) is 1. The van der Waals surface area contributed by atoms with E-state index in [0.717, 1.165) is 25.7 Å². The molecule has 11 nitrogen and oxygen atoms in total. The van der Waals surface area contributed by atoms with Crippen molar-refractivity contribution in [2.24, 2.45) is 12.8 Å². The number of nitrogens with one attached hydrogen (secondary N) is 2. The largest absolute Gasteiger partial charge is 0.490 e. The lowest BCUT2D eigenvalue weighted by Crippen LogP contribution is -2.42. The number of aliphatic carboxylic acids is 1. The molecule has 2 atom stereocenters.